The van der Waals surface area contributed by atoms with E-state index in [1.165, 1.54) is 17.5 Å². The smallest absolute Gasteiger partial charge is 0.0458 e. The fraction of sp³-hybridized carbons (Fsp3) is 1.00. The van der Waals surface area contributed by atoms with Crippen LogP contribution in [0.25, 0.3) is 0 Å². The van der Waals surface area contributed by atoms with Crippen molar-refractivity contribution in [1.82, 2.24) is 0 Å². The average molecular weight is 224 g/mol. The highest BCUT2D eigenvalue weighted by atomic mass is 28.3. The molecule has 1 heteroatoms. The van der Waals surface area contributed by atoms with Crippen molar-refractivity contribution in [2.24, 2.45) is 0 Å². The first-order chi connectivity index (χ1) is 7.33. The maximum Gasteiger partial charge on any atom is 0.0458 e. The Hall–Kier alpha value is 0.217. The van der Waals surface area contributed by atoms with Gasteiger partial charge in [0.25, 0.3) is 0 Å². The van der Waals surface area contributed by atoms with Crippen molar-refractivity contribution in [2.75, 3.05) is 0 Å². The second-order valence-electron chi connectivity index (χ2n) is 6.05. The van der Waals surface area contributed by atoms with Crippen LogP contribution in [0.5, 0.6) is 0 Å². The molecular weight excluding hydrogens is 196 g/mol. The lowest BCUT2D eigenvalue weighted by molar-refractivity contribution is 0.712. The molecule has 0 radical (unpaired) electrons. The Bertz CT molecular complexity index is 162. The van der Waals surface area contributed by atoms with Gasteiger partial charge in [-0.2, -0.15) is 0 Å². The maximum atomic E-state index is 2.58. The van der Waals surface area contributed by atoms with Crippen LogP contribution in [0.2, 0.25) is 16.6 Å². The Labute approximate surface area is 97.4 Å². The third kappa shape index (κ3) is 2.67. The van der Waals surface area contributed by atoms with E-state index in [0.29, 0.717) is 0 Å². The largest absolute Gasteiger partial charge is 0.0654 e. The van der Waals surface area contributed by atoms with E-state index < -0.39 is 8.80 Å². The van der Waals surface area contributed by atoms with Crippen LogP contribution in [0.1, 0.15) is 71.6 Å². The highest BCUT2D eigenvalue weighted by Crippen LogP contribution is 2.47. The van der Waals surface area contributed by atoms with Crippen molar-refractivity contribution in [3.63, 3.8) is 0 Å². The first-order valence-electron chi connectivity index (χ1n) is 7.33. The summed E-state index contributed by atoms with van der Waals surface area (Å²) < 4.78 is 0. The molecule has 0 aromatic heterocycles. The molecule has 2 aliphatic carbocycles. The maximum absolute atomic E-state index is 2.58. The van der Waals surface area contributed by atoms with Gasteiger partial charge < -0.3 is 0 Å². The van der Waals surface area contributed by atoms with E-state index in [2.05, 4.69) is 13.8 Å². The minimum Gasteiger partial charge on any atom is -0.0654 e. The van der Waals surface area contributed by atoms with Gasteiger partial charge in [0.05, 0.1) is 0 Å². The fourth-order valence-electron chi connectivity index (χ4n) is 4.27. The van der Waals surface area contributed by atoms with Gasteiger partial charge in [0.15, 0.2) is 0 Å². The van der Waals surface area contributed by atoms with Gasteiger partial charge in [0.1, 0.15) is 0 Å². The molecule has 0 bridgehead atoms. The molecule has 2 fully saturated rings. The van der Waals surface area contributed by atoms with E-state index in [1.54, 1.807) is 51.4 Å². The summed E-state index contributed by atoms with van der Waals surface area (Å²) in [6, 6.07) is 0. The fourth-order valence-corrected chi connectivity index (χ4v) is 9.93. The Balaban J connectivity index is 2.00. The highest BCUT2D eigenvalue weighted by Gasteiger charge is 2.36. The third-order valence-corrected chi connectivity index (χ3v) is 10.5. The van der Waals surface area contributed by atoms with E-state index in [1.807, 2.05) is 0 Å². The topological polar surface area (TPSA) is 0 Å². The molecule has 0 aliphatic heterocycles. The van der Waals surface area contributed by atoms with Gasteiger partial charge in [-0.3, -0.25) is 0 Å². The van der Waals surface area contributed by atoms with Crippen molar-refractivity contribution in [3.05, 3.63) is 0 Å². The molecule has 1 atom stereocenters. The Morgan fingerprint density at radius 1 is 0.933 bits per heavy atom. The predicted molar refractivity (Wildman–Crippen MR) is 71.3 cm³/mol. The molecule has 1 unspecified atom stereocenters. The van der Waals surface area contributed by atoms with Gasteiger partial charge in [0.2, 0.25) is 0 Å². The standard InChI is InChI=1S/C14H28Si/c1-3-12(2)15(13-8-4-5-9-13)14-10-6-7-11-14/h12-15H,3-11H2,1-2H3. The van der Waals surface area contributed by atoms with Gasteiger partial charge in [-0.25, -0.2) is 0 Å². The molecule has 0 amide bonds. The Morgan fingerprint density at radius 3 is 1.67 bits per heavy atom. The summed E-state index contributed by atoms with van der Waals surface area (Å²) in [6.45, 7) is 5.00. The molecule has 0 aromatic carbocycles. The minimum absolute atomic E-state index is 0.433. The summed E-state index contributed by atoms with van der Waals surface area (Å²) in [5.74, 6) is 0. The molecule has 0 spiro atoms. The average Bonchev–Trinajstić information content (AvgIpc) is 2.90. The summed E-state index contributed by atoms with van der Waals surface area (Å²) in [5, 5.41) is 0. The van der Waals surface area contributed by atoms with E-state index in [4.69, 9.17) is 0 Å². The summed E-state index contributed by atoms with van der Waals surface area (Å²) in [6.07, 6.45) is 14.1. The SMILES string of the molecule is CCC(C)[SiH](C1CCCC1)C1CCCC1. The van der Waals surface area contributed by atoms with E-state index in [9.17, 15) is 0 Å². The summed E-state index contributed by atoms with van der Waals surface area (Å²) in [7, 11) is -0.433. The van der Waals surface area contributed by atoms with E-state index >= 15 is 0 Å². The normalized spacial score (nSPS) is 26.6. The van der Waals surface area contributed by atoms with Crippen LogP contribution in [-0.2, 0) is 0 Å². The summed E-state index contributed by atoms with van der Waals surface area (Å²) in [4.78, 5) is 0. The van der Waals surface area contributed by atoms with Crippen molar-refractivity contribution < 1.29 is 0 Å². The molecule has 0 N–H and O–H groups in total. The molecule has 2 aliphatic rings. The molecular formula is C14H28Si. The van der Waals surface area contributed by atoms with Gasteiger partial charge in [0, 0.05) is 8.80 Å². The lowest BCUT2D eigenvalue weighted by Crippen LogP contribution is -2.28. The van der Waals surface area contributed by atoms with Gasteiger partial charge in [-0.1, -0.05) is 77.2 Å². The Morgan fingerprint density at radius 2 is 1.33 bits per heavy atom. The van der Waals surface area contributed by atoms with Crippen LogP contribution in [-0.4, -0.2) is 8.80 Å². The zero-order valence-electron chi connectivity index (χ0n) is 10.7. The monoisotopic (exact) mass is 224 g/mol. The zero-order valence-corrected chi connectivity index (χ0v) is 11.8. The first-order valence-corrected chi connectivity index (χ1v) is 9.33. The second kappa shape index (κ2) is 5.52. The van der Waals surface area contributed by atoms with E-state index in [0.717, 1.165) is 5.54 Å². The lowest BCUT2D eigenvalue weighted by Gasteiger charge is -2.32. The predicted octanol–water partition coefficient (Wildman–Crippen LogP) is 4.90. The third-order valence-electron chi connectivity index (χ3n) is 5.19. The molecule has 2 saturated carbocycles. The highest BCUT2D eigenvalue weighted by molar-refractivity contribution is 6.63. The molecule has 88 valence electrons. The lowest BCUT2D eigenvalue weighted by atomic mass is 10.3. The van der Waals surface area contributed by atoms with Crippen LogP contribution in [0.15, 0.2) is 0 Å². The van der Waals surface area contributed by atoms with Crippen LogP contribution in [0.3, 0.4) is 0 Å². The van der Waals surface area contributed by atoms with Crippen LogP contribution < -0.4 is 0 Å². The van der Waals surface area contributed by atoms with Crippen molar-refractivity contribution in [3.8, 4) is 0 Å². The number of hydrogen-bond acceptors (Lipinski definition) is 0. The number of hydrogen-bond donors (Lipinski definition) is 0. The van der Waals surface area contributed by atoms with Crippen molar-refractivity contribution in [2.45, 2.75) is 88.3 Å². The van der Waals surface area contributed by atoms with Crippen LogP contribution in [0, 0.1) is 0 Å². The van der Waals surface area contributed by atoms with Crippen molar-refractivity contribution >= 4 is 8.80 Å². The molecule has 15 heavy (non-hydrogen) atoms. The summed E-state index contributed by atoms with van der Waals surface area (Å²) >= 11 is 0. The van der Waals surface area contributed by atoms with Gasteiger partial charge in [-0.05, 0) is 11.1 Å². The second-order valence-corrected chi connectivity index (χ2v) is 10.2. The van der Waals surface area contributed by atoms with E-state index in [-0.39, 0.29) is 0 Å². The Kier molecular flexibility index (Phi) is 4.30. The zero-order chi connectivity index (χ0) is 10.7. The quantitative estimate of drug-likeness (QED) is 0.596. The molecule has 0 saturated heterocycles. The van der Waals surface area contributed by atoms with Gasteiger partial charge in [-0.15, -0.1) is 0 Å². The van der Waals surface area contributed by atoms with Crippen LogP contribution in [0.4, 0.5) is 0 Å². The molecule has 2 rings (SSSR count). The minimum atomic E-state index is -0.433. The van der Waals surface area contributed by atoms with Crippen molar-refractivity contribution in [1.29, 1.82) is 0 Å². The van der Waals surface area contributed by atoms with Gasteiger partial charge >= 0.3 is 0 Å². The van der Waals surface area contributed by atoms with Crippen LogP contribution >= 0.6 is 0 Å². The summed E-state index contributed by atoms with van der Waals surface area (Å²) in [5.41, 5.74) is 3.60. The molecule has 0 heterocycles. The number of rotatable bonds is 4. The first kappa shape index (κ1) is 11.7. The molecule has 0 nitrogen and oxygen atoms in total. The molecule has 0 aromatic rings.